The number of nitrogens with zero attached hydrogens (tertiary/aromatic N) is 2. The van der Waals surface area contributed by atoms with E-state index in [1.807, 2.05) is 67.6 Å². The van der Waals surface area contributed by atoms with Gasteiger partial charge in [-0.15, -0.1) is 0 Å². The number of halogens is 2. The molecule has 0 fully saturated rings. The van der Waals surface area contributed by atoms with E-state index >= 15 is 8.63 Å². The first kappa shape index (κ1) is 17.7. The largest absolute Gasteiger partial charge is 0.737 e. The van der Waals surface area contributed by atoms with Gasteiger partial charge in [0.25, 0.3) is 0 Å². The second-order valence-electron chi connectivity index (χ2n) is 7.08. The standard InChI is InChI=1S/C23H19BF2N2O/c1-2-29-21-12-8-18(9-13-21)23-15-11-20-16-19-10-14-22(17-6-4-3-5-7-17)27(19)24(25,26)28(20)23/h3-16H,2H2,1H3. The van der Waals surface area contributed by atoms with Gasteiger partial charge in [0, 0.05) is 35.2 Å². The van der Waals surface area contributed by atoms with Crippen LogP contribution in [0.4, 0.5) is 8.63 Å². The summed E-state index contributed by atoms with van der Waals surface area (Å²) in [6, 6.07) is 20.1. The first-order valence-electron chi connectivity index (χ1n) is 9.68. The van der Waals surface area contributed by atoms with Gasteiger partial charge in [0.05, 0.1) is 6.61 Å². The maximum atomic E-state index is 15.9. The number of hydrogen-bond acceptors (Lipinski definition) is 1. The highest BCUT2D eigenvalue weighted by Crippen LogP contribution is 2.36. The summed E-state index contributed by atoms with van der Waals surface area (Å²) in [5.74, 6) is 0.726. The molecule has 2 aromatic carbocycles. The highest BCUT2D eigenvalue weighted by Gasteiger charge is 2.52. The van der Waals surface area contributed by atoms with Crippen LogP contribution in [-0.4, -0.2) is 28.3 Å². The van der Waals surface area contributed by atoms with Gasteiger partial charge in [-0.25, -0.2) is 0 Å². The molecule has 3 nitrogen and oxygen atoms in total. The molecular weight excluding hydrogens is 369 g/mol. The van der Waals surface area contributed by atoms with Crippen LogP contribution < -0.4 is 4.74 Å². The molecule has 0 bridgehead atoms. The fourth-order valence-corrected chi connectivity index (χ4v) is 4.09. The zero-order valence-electron chi connectivity index (χ0n) is 15.9. The van der Waals surface area contributed by atoms with Crippen LogP contribution in [-0.2, 0) is 0 Å². The van der Waals surface area contributed by atoms with Crippen molar-refractivity contribution in [3.05, 3.63) is 95.8 Å². The first-order chi connectivity index (χ1) is 14.1. The minimum Gasteiger partial charge on any atom is -0.494 e. The fourth-order valence-electron chi connectivity index (χ4n) is 4.09. The van der Waals surface area contributed by atoms with Crippen molar-refractivity contribution in [2.24, 2.45) is 0 Å². The second-order valence-corrected chi connectivity index (χ2v) is 7.08. The second kappa shape index (κ2) is 6.59. The summed E-state index contributed by atoms with van der Waals surface area (Å²) in [6.07, 6.45) is 5.32. The Bertz CT molecular complexity index is 1180. The average Bonchev–Trinajstić information content (AvgIpc) is 3.35. The highest BCUT2D eigenvalue weighted by atomic mass is 19.2. The van der Waals surface area contributed by atoms with E-state index in [0.29, 0.717) is 29.4 Å². The Morgan fingerprint density at radius 2 is 1.66 bits per heavy atom. The molecule has 6 heteroatoms. The number of hydrogen-bond donors (Lipinski definition) is 0. The maximum Gasteiger partial charge on any atom is 0.737 e. The smallest absolute Gasteiger partial charge is 0.494 e. The number of benzene rings is 2. The number of fused-ring (bicyclic) bond motifs is 2. The SMILES string of the molecule is CCOc1ccc(C2=[N+]3C(=Cc4ccc(-c5ccccc5)n4[B-]3(F)F)C=C2)cc1. The summed E-state index contributed by atoms with van der Waals surface area (Å²) in [4.78, 5) is 0. The third kappa shape index (κ3) is 2.75. The van der Waals surface area contributed by atoms with Crippen molar-refractivity contribution in [3.63, 3.8) is 0 Å². The summed E-state index contributed by atoms with van der Waals surface area (Å²) in [5.41, 5.74) is 3.52. The molecule has 0 N–H and O–H groups in total. The van der Waals surface area contributed by atoms with E-state index in [1.165, 1.54) is 4.48 Å². The van der Waals surface area contributed by atoms with Crippen LogP contribution in [0, 0.1) is 0 Å². The Balaban J connectivity index is 1.65. The monoisotopic (exact) mass is 388 g/mol. The van der Waals surface area contributed by atoms with E-state index in [9.17, 15) is 0 Å². The predicted octanol–water partition coefficient (Wildman–Crippen LogP) is 5.20. The summed E-state index contributed by atoms with van der Waals surface area (Å²) in [7, 11) is 0. The molecule has 0 unspecified atom stereocenters. The molecule has 2 aliphatic rings. The molecule has 3 aromatic rings. The zero-order chi connectivity index (χ0) is 20.0. The van der Waals surface area contributed by atoms with Crippen LogP contribution in [0.1, 0.15) is 18.2 Å². The van der Waals surface area contributed by atoms with Crippen LogP contribution in [0.15, 0.2) is 84.6 Å². The van der Waals surface area contributed by atoms with Crippen LogP contribution in [0.25, 0.3) is 17.3 Å². The molecule has 1 aromatic heterocycles. The molecule has 5 rings (SSSR count). The van der Waals surface area contributed by atoms with Crippen LogP contribution >= 0.6 is 0 Å². The third-order valence-corrected chi connectivity index (χ3v) is 5.35. The van der Waals surface area contributed by atoms with E-state index in [2.05, 4.69) is 0 Å². The molecule has 29 heavy (non-hydrogen) atoms. The van der Waals surface area contributed by atoms with Gasteiger partial charge in [-0.3, -0.25) is 0 Å². The quantitative estimate of drug-likeness (QED) is 0.562. The van der Waals surface area contributed by atoms with Gasteiger partial charge in [0.2, 0.25) is 0 Å². The Morgan fingerprint density at radius 3 is 2.38 bits per heavy atom. The first-order valence-corrected chi connectivity index (χ1v) is 9.68. The normalized spacial score (nSPS) is 16.4. The lowest BCUT2D eigenvalue weighted by molar-refractivity contribution is -0.360. The van der Waals surface area contributed by atoms with Gasteiger partial charge >= 0.3 is 6.97 Å². The van der Waals surface area contributed by atoms with Gasteiger partial charge in [-0.2, -0.15) is 0 Å². The average molecular weight is 388 g/mol. The third-order valence-electron chi connectivity index (χ3n) is 5.35. The summed E-state index contributed by atoms with van der Waals surface area (Å²) in [6.45, 7) is -1.58. The topological polar surface area (TPSA) is 17.2 Å². The molecule has 0 atom stereocenters. The molecule has 2 aliphatic heterocycles. The summed E-state index contributed by atoms with van der Waals surface area (Å²) < 4.78 is 39.6. The minimum atomic E-state index is -4.05. The van der Waals surface area contributed by atoms with Gasteiger partial charge in [-0.1, -0.05) is 30.3 Å². The van der Waals surface area contributed by atoms with E-state index in [0.717, 1.165) is 21.4 Å². The Labute approximate surface area is 167 Å². The lowest BCUT2D eigenvalue weighted by Gasteiger charge is -2.30. The molecule has 3 heterocycles. The van der Waals surface area contributed by atoms with E-state index < -0.39 is 6.97 Å². The van der Waals surface area contributed by atoms with Crippen molar-refractivity contribution in [2.45, 2.75) is 6.92 Å². The van der Waals surface area contributed by atoms with E-state index in [1.54, 1.807) is 24.3 Å². The fraction of sp³-hybridized carbons (Fsp3) is 0.0870. The van der Waals surface area contributed by atoms with Crippen LogP contribution in [0.3, 0.4) is 0 Å². The Hall–Kier alpha value is -3.41. The van der Waals surface area contributed by atoms with E-state index in [4.69, 9.17) is 4.74 Å². The van der Waals surface area contributed by atoms with Crippen LogP contribution in [0.2, 0.25) is 0 Å². The van der Waals surface area contributed by atoms with Crippen molar-refractivity contribution in [2.75, 3.05) is 6.61 Å². The molecule has 0 spiro atoms. The number of aromatic nitrogens is 1. The van der Waals surface area contributed by atoms with Crippen LogP contribution in [0.5, 0.6) is 5.75 Å². The lowest BCUT2D eigenvalue weighted by atomic mass is 9.89. The van der Waals surface area contributed by atoms with Gasteiger partial charge in [-0.05, 0) is 48.9 Å². The number of allylic oxidation sites excluding steroid dienone is 2. The van der Waals surface area contributed by atoms with Crippen molar-refractivity contribution >= 4 is 18.8 Å². The van der Waals surface area contributed by atoms with Gasteiger partial charge in [0.1, 0.15) is 5.75 Å². The van der Waals surface area contributed by atoms with Gasteiger partial charge < -0.3 is 22.3 Å². The molecule has 0 radical (unpaired) electrons. The Kier molecular flexibility index (Phi) is 4.01. The molecular formula is C23H19BF2N2O. The number of ether oxygens (including phenoxy) is 1. The summed E-state index contributed by atoms with van der Waals surface area (Å²) >= 11 is 0. The number of rotatable bonds is 4. The van der Waals surface area contributed by atoms with Crippen molar-refractivity contribution in [1.29, 1.82) is 0 Å². The van der Waals surface area contributed by atoms with Crippen molar-refractivity contribution < 1.29 is 17.9 Å². The Morgan fingerprint density at radius 1 is 0.897 bits per heavy atom. The van der Waals surface area contributed by atoms with Gasteiger partial charge in [0.15, 0.2) is 11.4 Å². The highest BCUT2D eigenvalue weighted by molar-refractivity contribution is 6.58. The summed E-state index contributed by atoms with van der Waals surface area (Å²) in [5, 5.41) is 0. The predicted molar refractivity (Wildman–Crippen MR) is 112 cm³/mol. The van der Waals surface area contributed by atoms with Crippen molar-refractivity contribution in [1.82, 2.24) is 4.48 Å². The maximum absolute atomic E-state index is 15.9. The van der Waals surface area contributed by atoms with Crippen molar-refractivity contribution in [3.8, 4) is 17.0 Å². The zero-order valence-corrected chi connectivity index (χ0v) is 15.9. The molecule has 144 valence electrons. The molecule has 0 saturated heterocycles. The van der Waals surface area contributed by atoms with E-state index in [-0.39, 0.29) is 0 Å². The minimum absolute atomic E-state index is 0.489. The molecule has 0 aliphatic carbocycles. The lowest BCUT2D eigenvalue weighted by Crippen LogP contribution is -2.50. The molecule has 0 amide bonds. The molecule has 0 saturated carbocycles.